The van der Waals surface area contributed by atoms with Crippen molar-refractivity contribution in [2.45, 2.75) is 12.3 Å². The predicted octanol–water partition coefficient (Wildman–Crippen LogP) is 1.82. The summed E-state index contributed by atoms with van der Waals surface area (Å²) in [6.45, 7) is 1.37. The quantitative estimate of drug-likeness (QED) is 0.501. The summed E-state index contributed by atoms with van der Waals surface area (Å²) in [7, 11) is 2.72. The summed E-state index contributed by atoms with van der Waals surface area (Å²) in [5, 5.41) is 0.293. The maximum absolute atomic E-state index is 15.1. The molecule has 12 heteroatoms. The van der Waals surface area contributed by atoms with E-state index in [0.717, 1.165) is 0 Å². The first-order valence-corrected chi connectivity index (χ1v) is 11.2. The monoisotopic (exact) mass is 500 g/mol. The van der Waals surface area contributed by atoms with Gasteiger partial charge in [-0.1, -0.05) is 12.1 Å². The number of aromatic nitrogens is 2. The van der Waals surface area contributed by atoms with E-state index in [9.17, 15) is 14.0 Å². The number of hydrogen-bond donors (Lipinski definition) is 2. The van der Waals surface area contributed by atoms with Gasteiger partial charge in [-0.15, -0.1) is 0 Å². The van der Waals surface area contributed by atoms with Gasteiger partial charge in [0.25, 0.3) is 0 Å². The lowest BCUT2D eigenvalue weighted by Gasteiger charge is -2.35. The fourth-order valence-electron chi connectivity index (χ4n) is 4.22. The number of hydrogen-bond acceptors (Lipinski definition) is 8. The molecule has 2 heterocycles. The molecule has 1 atom stereocenters. The molecule has 0 unspecified atom stereocenters. The first-order chi connectivity index (χ1) is 17.2. The molecule has 0 radical (unpaired) electrons. The van der Waals surface area contributed by atoms with Crippen LogP contribution in [0.3, 0.4) is 0 Å². The molecule has 4 rings (SSSR count). The maximum atomic E-state index is 15.1. The zero-order valence-electron chi connectivity index (χ0n) is 19.8. The van der Waals surface area contributed by atoms with Crippen LogP contribution >= 0.6 is 0 Å². The van der Waals surface area contributed by atoms with Crippen molar-refractivity contribution in [1.29, 1.82) is 0 Å². The number of methoxy groups -OCH3 is 2. The number of carbonyl (C=O) groups is 2. The smallest absolute Gasteiger partial charge is 0.228 e. The Morgan fingerprint density at radius 1 is 1.06 bits per heavy atom. The second-order valence-corrected chi connectivity index (χ2v) is 8.31. The third-order valence-electron chi connectivity index (χ3n) is 6.20. The van der Waals surface area contributed by atoms with E-state index in [1.807, 2.05) is 0 Å². The van der Waals surface area contributed by atoms with Crippen LogP contribution < -0.4 is 25.8 Å². The summed E-state index contributed by atoms with van der Waals surface area (Å²) in [6.07, 6.45) is -0.132. The van der Waals surface area contributed by atoms with E-state index >= 15 is 4.39 Å². The molecule has 1 saturated heterocycles. The van der Waals surface area contributed by atoms with Gasteiger partial charge in [-0.25, -0.2) is 13.8 Å². The van der Waals surface area contributed by atoms with Crippen molar-refractivity contribution >= 4 is 34.5 Å². The molecule has 2 amide bonds. The molecular formula is C24H26F2N6O4. The van der Waals surface area contributed by atoms with Crippen LogP contribution in [-0.4, -0.2) is 67.1 Å². The third-order valence-corrected chi connectivity index (χ3v) is 6.20. The number of nitrogen functional groups attached to an aromatic ring is 1. The van der Waals surface area contributed by atoms with Gasteiger partial charge in [0.15, 0.2) is 17.3 Å². The van der Waals surface area contributed by atoms with Gasteiger partial charge in [0.2, 0.25) is 17.8 Å². The zero-order chi connectivity index (χ0) is 26.0. The number of primary amides is 1. The molecule has 3 aromatic rings. The summed E-state index contributed by atoms with van der Waals surface area (Å²) < 4.78 is 38.6. The van der Waals surface area contributed by atoms with E-state index in [-0.39, 0.29) is 41.1 Å². The molecule has 2 aromatic carbocycles. The van der Waals surface area contributed by atoms with Crippen LogP contribution in [0.2, 0.25) is 0 Å². The molecule has 0 spiro atoms. The molecule has 0 aliphatic carbocycles. The highest BCUT2D eigenvalue weighted by Gasteiger charge is 2.28. The summed E-state index contributed by atoms with van der Waals surface area (Å²) in [5.41, 5.74) is 12.1. The number of carbonyl (C=O) groups excluding carboxylic acids is 2. The number of halogens is 2. The van der Waals surface area contributed by atoms with Crippen molar-refractivity contribution in [2.24, 2.45) is 5.73 Å². The highest BCUT2D eigenvalue weighted by atomic mass is 19.1. The van der Waals surface area contributed by atoms with Crippen molar-refractivity contribution in [3.63, 3.8) is 0 Å². The average molecular weight is 501 g/mol. The topological polar surface area (TPSA) is 137 Å². The standard InChI is InChI=1S/C24H26F2N6O4/c1-35-17-11-16-20(19(26)21(17)36-2)29-24(30-22(16)27)32-9-7-31(8-10-32)18(33)12-15(23(28)34)13-3-5-14(25)6-4-13/h3-6,11,15H,7-10,12H2,1-2H3,(H2,28,34)(H2,27,29,30)/t15-/m1/s1. The zero-order valence-corrected chi connectivity index (χ0v) is 19.8. The SMILES string of the molecule is COc1cc2c(N)nc(N3CCN(C(=O)C[C@@H](C(N)=O)c4ccc(F)cc4)CC3)nc2c(F)c1OC. The molecule has 0 saturated carbocycles. The van der Waals surface area contributed by atoms with Gasteiger partial charge >= 0.3 is 0 Å². The highest BCUT2D eigenvalue weighted by Crippen LogP contribution is 2.37. The second-order valence-electron chi connectivity index (χ2n) is 8.31. The Bertz CT molecular complexity index is 1300. The lowest BCUT2D eigenvalue weighted by molar-refractivity contribution is -0.134. The molecule has 10 nitrogen and oxygen atoms in total. The lowest BCUT2D eigenvalue weighted by Crippen LogP contribution is -2.49. The van der Waals surface area contributed by atoms with E-state index < -0.39 is 23.5 Å². The van der Waals surface area contributed by atoms with Crippen LogP contribution in [0, 0.1) is 11.6 Å². The van der Waals surface area contributed by atoms with Crippen molar-refractivity contribution in [2.75, 3.05) is 51.0 Å². The summed E-state index contributed by atoms with van der Waals surface area (Å²) in [4.78, 5) is 36.9. The summed E-state index contributed by atoms with van der Waals surface area (Å²) >= 11 is 0. The number of ether oxygens (including phenoxy) is 2. The van der Waals surface area contributed by atoms with Crippen LogP contribution in [0.15, 0.2) is 30.3 Å². The van der Waals surface area contributed by atoms with Crippen LogP contribution in [0.5, 0.6) is 11.5 Å². The highest BCUT2D eigenvalue weighted by molar-refractivity contribution is 5.92. The minimum absolute atomic E-state index is 0.00254. The van der Waals surface area contributed by atoms with Crippen LogP contribution in [0.25, 0.3) is 10.9 Å². The first kappa shape index (κ1) is 24.9. The van der Waals surface area contributed by atoms with Gasteiger partial charge in [-0.3, -0.25) is 9.59 Å². The van der Waals surface area contributed by atoms with Crippen LogP contribution in [0.4, 0.5) is 20.5 Å². The minimum atomic E-state index is -0.866. The van der Waals surface area contributed by atoms with Gasteiger partial charge in [-0.2, -0.15) is 4.98 Å². The van der Waals surface area contributed by atoms with Crippen LogP contribution in [0.1, 0.15) is 17.9 Å². The van der Waals surface area contributed by atoms with Gasteiger partial charge in [-0.05, 0) is 23.8 Å². The number of anilines is 2. The maximum Gasteiger partial charge on any atom is 0.228 e. The predicted molar refractivity (Wildman–Crippen MR) is 129 cm³/mol. The Morgan fingerprint density at radius 3 is 2.31 bits per heavy atom. The first-order valence-electron chi connectivity index (χ1n) is 11.2. The Morgan fingerprint density at radius 2 is 1.72 bits per heavy atom. The number of nitrogens with zero attached hydrogens (tertiary/aromatic N) is 4. The molecule has 36 heavy (non-hydrogen) atoms. The van der Waals surface area contributed by atoms with E-state index in [4.69, 9.17) is 20.9 Å². The Labute approximate surface area is 205 Å². The van der Waals surface area contributed by atoms with Gasteiger partial charge in [0.05, 0.1) is 20.1 Å². The van der Waals surface area contributed by atoms with E-state index in [0.29, 0.717) is 37.1 Å². The second kappa shape index (κ2) is 10.2. The fourth-order valence-corrected chi connectivity index (χ4v) is 4.22. The van der Waals surface area contributed by atoms with Crippen molar-refractivity contribution in [3.05, 3.63) is 47.5 Å². The Hall–Kier alpha value is -4.22. The molecule has 190 valence electrons. The number of fused-ring (bicyclic) bond motifs is 1. The van der Waals surface area contributed by atoms with Crippen molar-refractivity contribution < 1.29 is 27.8 Å². The minimum Gasteiger partial charge on any atom is -0.493 e. The van der Waals surface area contributed by atoms with Gasteiger partial charge in [0.1, 0.15) is 17.2 Å². The van der Waals surface area contributed by atoms with Crippen molar-refractivity contribution in [1.82, 2.24) is 14.9 Å². The normalized spacial score (nSPS) is 14.6. The number of piperazine rings is 1. The molecule has 4 N–H and O–H groups in total. The molecule has 1 aliphatic rings. The Balaban J connectivity index is 1.48. The van der Waals surface area contributed by atoms with Gasteiger partial charge < -0.3 is 30.7 Å². The van der Waals surface area contributed by atoms with Gasteiger partial charge in [0, 0.05) is 38.0 Å². The average Bonchev–Trinajstić information content (AvgIpc) is 2.87. The molecule has 1 aromatic heterocycles. The Kier molecular flexibility index (Phi) is 7.04. The molecule has 1 aliphatic heterocycles. The number of nitrogens with two attached hydrogens (primary N) is 2. The van der Waals surface area contributed by atoms with E-state index in [2.05, 4.69) is 9.97 Å². The number of amides is 2. The summed E-state index contributed by atoms with van der Waals surface area (Å²) in [5.74, 6) is -2.56. The lowest BCUT2D eigenvalue weighted by atomic mass is 9.94. The molecular weight excluding hydrogens is 474 g/mol. The third kappa shape index (κ3) is 4.79. The number of benzene rings is 2. The number of rotatable bonds is 7. The molecule has 0 bridgehead atoms. The fraction of sp³-hybridized carbons (Fsp3) is 0.333. The molecule has 1 fully saturated rings. The van der Waals surface area contributed by atoms with E-state index in [1.165, 1.54) is 44.6 Å². The van der Waals surface area contributed by atoms with Crippen molar-refractivity contribution in [3.8, 4) is 11.5 Å². The van der Waals surface area contributed by atoms with Crippen LogP contribution in [-0.2, 0) is 9.59 Å². The van der Waals surface area contributed by atoms with E-state index in [1.54, 1.807) is 9.80 Å². The largest absolute Gasteiger partial charge is 0.493 e. The summed E-state index contributed by atoms with van der Waals surface area (Å²) in [6, 6.07) is 6.85.